The van der Waals surface area contributed by atoms with Crippen LogP contribution in [0, 0.1) is 6.92 Å². The van der Waals surface area contributed by atoms with Crippen molar-refractivity contribution in [2.45, 2.75) is 11.3 Å². The fourth-order valence-corrected chi connectivity index (χ4v) is 3.84. The summed E-state index contributed by atoms with van der Waals surface area (Å²) in [5, 5.41) is 15.1. The Hall–Kier alpha value is -1.71. The van der Waals surface area contributed by atoms with E-state index in [1.165, 1.54) is 23.1 Å². The average molecular weight is 424 g/mol. The highest BCUT2D eigenvalue weighted by Crippen LogP contribution is 2.32. The predicted octanol–water partition coefficient (Wildman–Crippen LogP) is 3.74. The Bertz CT molecular complexity index is 846. The van der Waals surface area contributed by atoms with E-state index in [4.69, 9.17) is 0 Å². The summed E-state index contributed by atoms with van der Waals surface area (Å²) in [6.07, 6.45) is 0. The largest absolute Gasteiger partial charge is 0.310 e. The number of nitrogens with one attached hydrogen (secondary N) is 1. The molecule has 0 fully saturated rings. The van der Waals surface area contributed by atoms with Gasteiger partial charge in [0.15, 0.2) is 4.34 Å². The molecule has 0 atom stereocenters. The molecule has 3 rings (SSSR count). The molecule has 0 aliphatic heterocycles. The number of halogens is 1. The number of benzene rings is 1. The minimum absolute atomic E-state index is 0.100. The van der Waals surface area contributed by atoms with Crippen LogP contribution in [-0.4, -0.2) is 31.6 Å². The number of carbonyl (C=O) groups is 1. The molecule has 1 aromatic carbocycles. The third-order valence-electron chi connectivity index (χ3n) is 3.28. The molecule has 0 radical (unpaired) electrons. The van der Waals surface area contributed by atoms with Crippen LogP contribution in [-0.2, 0) is 11.8 Å². The van der Waals surface area contributed by atoms with Gasteiger partial charge in [-0.2, -0.15) is 5.10 Å². The highest BCUT2D eigenvalue weighted by molar-refractivity contribution is 9.10. The number of anilines is 1. The minimum Gasteiger partial charge on any atom is -0.310 e. The van der Waals surface area contributed by atoms with Gasteiger partial charge in [-0.1, -0.05) is 51.2 Å². The Balaban J connectivity index is 1.80. The Morgan fingerprint density at radius 3 is 2.79 bits per heavy atom. The summed E-state index contributed by atoms with van der Waals surface area (Å²) < 4.78 is 3.48. The van der Waals surface area contributed by atoms with E-state index in [0.29, 0.717) is 5.82 Å². The monoisotopic (exact) mass is 423 g/mol. The van der Waals surface area contributed by atoms with Crippen LogP contribution in [0.1, 0.15) is 5.69 Å². The van der Waals surface area contributed by atoms with E-state index in [0.717, 1.165) is 25.6 Å². The molecule has 0 saturated heterocycles. The fourth-order valence-electron chi connectivity index (χ4n) is 2.28. The van der Waals surface area contributed by atoms with Crippen molar-refractivity contribution >= 4 is 50.8 Å². The summed E-state index contributed by atoms with van der Waals surface area (Å²) in [4.78, 5) is 12.3. The number of aryl methyl sites for hydroxylation is 2. The number of rotatable bonds is 5. The van der Waals surface area contributed by atoms with E-state index in [2.05, 4.69) is 36.5 Å². The van der Waals surface area contributed by atoms with E-state index >= 15 is 0 Å². The first-order valence-electron chi connectivity index (χ1n) is 7.03. The van der Waals surface area contributed by atoms with Crippen LogP contribution in [0.2, 0.25) is 0 Å². The van der Waals surface area contributed by atoms with Crippen molar-refractivity contribution < 1.29 is 4.79 Å². The molecule has 0 unspecified atom stereocenters. The summed E-state index contributed by atoms with van der Waals surface area (Å²) in [6, 6.07) is 7.94. The van der Waals surface area contributed by atoms with Crippen LogP contribution < -0.4 is 5.32 Å². The van der Waals surface area contributed by atoms with Gasteiger partial charge in [0.25, 0.3) is 0 Å². The highest BCUT2D eigenvalue weighted by atomic mass is 79.9. The standard InChI is InChI=1S/C15H14BrN5OS2/c1-9-13(10-3-5-11(16)6-4-10)14(21(2)20-9)18-12(22)7-23-15-19-17-8-24-15/h3-6,8H,7H2,1-2H3,(H,18,22). The van der Waals surface area contributed by atoms with Gasteiger partial charge < -0.3 is 5.32 Å². The molecule has 0 saturated carbocycles. The van der Waals surface area contributed by atoms with Crippen LogP contribution in [0.5, 0.6) is 0 Å². The molecule has 6 nitrogen and oxygen atoms in total. The molecular formula is C15H14BrN5OS2. The highest BCUT2D eigenvalue weighted by Gasteiger charge is 2.17. The first kappa shape index (κ1) is 17.1. The average Bonchev–Trinajstić information content (AvgIpc) is 3.15. The maximum Gasteiger partial charge on any atom is 0.235 e. The zero-order valence-corrected chi connectivity index (χ0v) is 16.2. The van der Waals surface area contributed by atoms with Crippen molar-refractivity contribution in [3.63, 3.8) is 0 Å². The van der Waals surface area contributed by atoms with E-state index in [1.54, 1.807) is 10.2 Å². The summed E-state index contributed by atoms with van der Waals surface area (Å²) in [5.74, 6) is 0.869. The number of hydrogen-bond donors (Lipinski definition) is 1. The quantitative estimate of drug-likeness (QED) is 0.632. The predicted molar refractivity (Wildman–Crippen MR) is 100 cm³/mol. The van der Waals surface area contributed by atoms with Crippen molar-refractivity contribution in [2.24, 2.45) is 7.05 Å². The van der Waals surface area contributed by atoms with Crippen LogP contribution in [0.4, 0.5) is 5.82 Å². The maximum absolute atomic E-state index is 12.3. The van der Waals surface area contributed by atoms with Gasteiger partial charge in [-0.15, -0.1) is 10.2 Å². The van der Waals surface area contributed by atoms with E-state index in [1.807, 2.05) is 38.2 Å². The van der Waals surface area contributed by atoms with Gasteiger partial charge in [-0.25, -0.2) is 0 Å². The Labute approximate surface area is 155 Å². The second-order valence-corrected chi connectivity index (χ2v) is 7.95. The number of amides is 1. The molecule has 0 bridgehead atoms. The second-order valence-electron chi connectivity index (χ2n) is 4.98. The Morgan fingerprint density at radius 1 is 1.38 bits per heavy atom. The molecule has 24 heavy (non-hydrogen) atoms. The van der Waals surface area contributed by atoms with Crippen molar-refractivity contribution in [3.8, 4) is 11.1 Å². The summed E-state index contributed by atoms with van der Waals surface area (Å²) in [5.41, 5.74) is 4.46. The molecule has 124 valence electrons. The molecule has 0 aliphatic carbocycles. The van der Waals surface area contributed by atoms with Gasteiger partial charge >= 0.3 is 0 Å². The fraction of sp³-hybridized carbons (Fsp3) is 0.200. The lowest BCUT2D eigenvalue weighted by molar-refractivity contribution is -0.113. The lowest BCUT2D eigenvalue weighted by Gasteiger charge is -2.09. The Kier molecular flexibility index (Phi) is 5.32. The number of thioether (sulfide) groups is 1. The van der Waals surface area contributed by atoms with E-state index in [-0.39, 0.29) is 11.7 Å². The first-order chi connectivity index (χ1) is 11.5. The van der Waals surface area contributed by atoms with Gasteiger partial charge in [0, 0.05) is 17.1 Å². The lowest BCUT2D eigenvalue weighted by Crippen LogP contribution is -2.17. The summed E-state index contributed by atoms with van der Waals surface area (Å²) in [7, 11) is 1.82. The van der Waals surface area contributed by atoms with Crippen LogP contribution in [0.3, 0.4) is 0 Å². The van der Waals surface area contributed by atoms with Crippen LogP contribution >= 0.6 is 39.0 Å². The van der Waals surface area contributed by atoms with Gasteiger partial charge in [0.05, 0.1) is 11.4 Å². The van der Waals surface area contributed by atoms with Crippen LogP contribution in [0.15, 0.2) is 38.6 Å². The zero-order valence-electron chi connectivity index (χ0n) is 13.0. The smallest absolute Gasteiger partial charge is 0.235 e. The zero-order chi connectivity index (χ0) is 17.1. The topological polar surface area (TPSA) is 72.7 Å². The summed E-state index contributed by atoms with van der Waals surface area (Å²) in [6.45, 7) is 1.93. The van der Waals surface area contributed by atoms with Gasteiger partial charge in [-0.3, -0.25) is 9.48 Å². The maximum atomic E-state index is 12.3. The van der Waals surface area contributed by atoms with Crippen LogP contribution in [0.25, 0.3) is 11.1 Å². The summed E-state index contributed by atoms with van der Waals surface area (Å²) >= 11 is 6.22. The normalized spacial score (nSPS) is 10.8. The number of nitrogens with zero attached hydrogens (tertiary/aromatic N) is 4. The molecular weight excluding hydrogens is 410 g/mol. The molecule has 1 amide bonds. The van der Waals surface area contributed by atoms with Crippen molar-refractivity contribution in [1.29, 1.82) is 0 Å². The van der Waals surface area contributed by atoms with Crippen molar-refractivity contribution in [3.05, 3.63) is 39.9 Å². The first-order valence-corrected chi connectivity index (χ1v) is 9.69. The van der Waals surface area contributed by atoms with Gasteiger partial charge in [-0.05, 0) is 24.6 Å². The number of hydrogen-bond acceptors (Lipinski definition) is 6. The lowest BCUT2D eigenvalue weighted by atomic mass is 10.1. The van der Waals surface area contributed by atoms with E-state index in [9.17, 15) is 4.79 Å². The molecule has 9 heteroatoms. The van der Waals surface area contributed by atoms with Crippen molar-refractivity contribution in [1.82, 2.24) is 20.0 Å². The van der Waals surface area contributed by atoms with E-state index < -0.39 is 0 Å². The molecule has 2 heterocycles. The van der Waals surface area contributed by atoms with Gasteiger partial charge in [0.2, 0.25) is 5.91 Å². The molecule has 2 aromatic heterocycles. The van der Waals surface area contributed by atoms with Crippen molar-refractivity contribution in [2.75, 3.05) is 11.1 Å². The third-order valence-corrected chi connectivity index (χ3v) is 5.67. The molecule has 0 spiro atoms. The number of carbonyl (C=O) groups excluding carboxylic acids is 1. The molecule has 3 aromatic rings. The number of aromatic nitrogens is 4. The SMILES string of the molecule is Cc1nn(C)c(NC(=O)CSc2nncs2)c1-c1ccc(Br)cc1. The molecule has 0 aliphatic rings. The second kappa shape index (κ2) is 7.45. The van der Waals surface area contributed by atoms with Gasteiger partial charge in [0.1, 0.15) is 11.3 Å². The minimum atomic E-state index is -0.100. The molecule has 1 N–H and O–H groups in total. The third kappa shape index (κ3) is 3.85. The Morgan fingerprint density at radius 2 is 2.12 bits per heavy atom.